The van der Waals surface area contributed by atoms with Crippen molar-refractivity contribution in [3.63, 3.8) is 0 Å². The van der Waals surface area contributed by atoms with Crippen molar-refractivity contribution in [3.05, 3.63) is 27.1 Å². The van der Waals surface area contributed by atoms with E-state index >= 15 is 0 Å². The molecule has 0 amide bonds. The Bertz CT molecular complexity index is 398. The Balaban J connectivity index is 2.93. The highest BCUT2D eigenvalue weighted by atomic mass is 79.9. The number of hydrogen-bond acceptors (Lipinski definition) is 2. The summed E-state index contributed by atoms with van der Waals surface area (Å²) in [6.45, 7) is 0. The molecule has 2 rings (SSSR count). The van der Waals surface area contributed by atoms with Crippen LogP contribution in [0.5, 0.6) is 0 Å². The number of nitrogens with zero attached hydrogens (tertiary/aromatic N) is 1. The molecule has 0 saturated carbocycles. The van der Waals surface area contributed by atoms with Crippen molar-refractivity contribution in [2.45, 2.75) is 0 Å². The van der Waals surface area contributed by atoms with Gasteiger partial charge in [-0.15, -0.1) is 11.3 Å². The van der Waals surface area contributed by atoms with Crippen molar-refractivity contribution in [1.29, 1.82) is 0 Å². The fourth-order valence-corrected chi connectivity index (χ4v) is 2.35. The van der Waals surface area contributed by atoms with Crippen LogP contribution in [-0.4, -0.2) is 4.98 Å². The van der Waals surface area contributed by atoms with E-state index in [0.717, 1.165) is 19.7 Å². The first-order valence-corrected chi connectivity index (χ1v) is 5.01. The first-order chi connectivity index (χ1) is 5.29. The first-order valence-electron chi connectivity index (χ1n) is 2.96. The third-order valence-electron chi connectivity index (χ3n) is 1.39. The van der Waals surface area contributed by atoms with Crippen LogP contribution in [0.1, 0.15) is 0 Å². The largest absolute Gasteiger partial charge is 0.245 e. The summed E-state index contributed by atoms with van der Waals surface area (Å²) in [5, 5.41) is 0.755. The van der Waals surface area contributed by atoms with E-state index in [1.807, 2.05) is 12.1 Å². The zero-order chi connectivity index (χ0) is 7.84. The molecule has 0 fully saturated rings. The molecule has 0 spiro atoms. The predicted octanol–water partition coefficient (Wildman–Crippen LogP) is 3.71. The second kappa shape index (κ2) is 2.73. The predicted molar refractivity (Wildman–Crippen MR) is 52.3 cm³/mol. The van der Waals surface area contributed by atoms with E-state index in [4.69, 9.17) is 11.6 Å². The molecule has 2 aromatic rings. The summed E-state index contributed by atoms with van der Waals surface area (Å²) in [7, 11) is 0. The Morgan fingerprint density at radius 1 is 1.45 bits per heavy atom. The van der Waals surface area contributed by atoms with Crippen LogP contribution in [0.4, 0.5) is 0 Å². The Kier molecular flexibility index (Phi) is 1.87. The summed E-state index contributed by atoms with van der Waals surface area (Å²) >= 11 is 10.9. The lowest BCUT2D eigenvalue weighted by Gasteiger charge is -1.94. The van der Waals surface area contributed by atoms with Gasteiger partial charge in [-0.1, -0.05) is 11.6 Å². The topological polar surface area (TPSA) is 12.9 Å². The molecule has 0 aliphatic carbocycles. The van der Waals surface area contributed by atoms with E-state index in [2.05, 4.69) is 20.9 Å². The summed E-state index contributed by atoms with van der Waals surface area (Å²) in [5.74, 6) is 0. The van der Waals surface area contributed by atoms with Crippen LogP contribution in [0.15, 0.2) is 22.1 Å². The van der Waals surface area contributed by atoms with Gasteiger partial charge in [0.25, 0.3) is 0 Å². The van der Waals surface area contributed by atoms with Gasteiger partial charge < -0.3 is 0 Å². The quantitative estimate of drug-likeness (QED) is 0.692. The Labute approximate surface area is 81.1 Å². The van der Waals surface area contributed by atoms with Gasteiger partial charge in [0, 0.05) is 4.47 Å². The van der Waals surface area contributed by atoms with E-state index in [9.17, 15) is 0 Å². The fourth-order valence-electron chi connectivity index (χ4n) is 0.871. The molecule has 0 radical (unpaired) electrons. The van der Waals surface area contributed by atoms with Crippen molar-refractivity contribution >= 4 is 49.1 Å². The summed E-state index contributed by atoms with van der Waals surface area (Å²) < 4.78 is 1.97. The van der Waals surface area contributed by atoms with Crippen molar-refractivity contribution in [2.24, 2.45) is 0 Å². The highest BCUT2D eigenvalue weighted by molar-refractivity contribution is 9.10. The molecule has 0 N–H and O–H groups in total. The third-order valence-corrected chi connectivity index (χ3v) is 3.65. The number of thiazole rings is 1. The monoisotopic (exact) mass is 247 g/mol. The summed E-state index contributed by atoms with van der Waals surface area (Å²) in [4.78, 5) is 4.13. The third kappa shape index (κ3) is 1.17. The van der Waals surface area contributed by atoms with E-state index < -0.39 is 0 Å². The van der Waals surface area contributed by atoms with Crippen LogP contribution in [0.25, 0.3) is 10.2 Å². The molecule has 11 heavy (non-hydrogen) atoms. The van der Waals surface area contributed by atoms with Crippen LogP contribution in [0, 0.1) is 0 Å². The molecular formula is C7H3BrClNS. The highest BCUT2D eigenvalue weighted by Crippen LogP contribution is 2.32. The zero-order valence-electron chi connectivity index (χ0n) is 5.34. The van der Waals surface area contributed by atoms with Gasteiger partial charge in [0.2, 0.25) is 0 Å². The molecule has 0 unspecified atom stereocenters. The van der Waals surface area contributed by atoms with E-state index in [-0.39, 0.29) is 0 Å². The lowest BCUT2D eigenvalue weighted by Crippen LogP contribution is -1.69. The minimum Gasteiger partial charge on any atom is -0.245 e. The van der Waals surface area contributed by atoms with Gasteiger partial charge in [0.05, 0.1) is 20.7 Å². The van der Waals surface area contributed by atoms with Gasteiger partial charge in [0.1, 0.15) is 0 Å². The molecule has 1 aromatic carbocycles. The minimum absolute atomic E-state index is 0.755. The maximum absolute atomic E-state index is 5.99. The maximum atomic E-state index is 5.99. The molecule has 0 bridgehead atoms. The van der Waals surface area contributed by atoms with Gasteiger partial charge in [-0.05, 0) is 28.1 Å². The van der Waals surface area contributed by atoms with Crippen LogP contribution in [-0.2, 0) is 0 Å². The number of fused-ring (bicyclic) bond motifs is 1. The number of aromatic nitrogens is 1. The molecule has 1 nitrogen and oxygen atoms in total. The van der Waals surface area contributed by atoms with E-state index in [0.29, 0.717) is 0 Å². The second-order valence-corrected chi connectivity index (χ2v) is 4.15. The molecule has 0 aliphatic rings. The molecule has 0 aliphatic heterocycles. The van der Waals surface area contributed by atoms with Crippen LogP contribution < -0.4 is 0 Å². The Morgan fingerprint density at radius 3 is 3.09 bits per heavy atom. The van der Waals surface area contributed by atoms with Crippen molar-refractivity contribution < 1.29 is 0 Å². The Hall–Kier alpha value is -0.120. The van der Waals surface area contributed by atoms with Gasteiger partial charge in [-0.2, -0.15) is 0 Å². The fraction of sp³-hybridized carbons (Fsp3) is 0. The smallest absolute Gasteiger partial charge is 0.0828 e. The maximum Gasteiger partial charge on any atom is 0.0828 e. The van der Waals surface area contributed by atoms with E-state index in [1.54, 1.807) is 16.8 Å². The summed E-state index contributed by atoms with van der Waals surface area (Å²) in [5.41, 5.74) is 2.76. The van der Waals surface area contributed by atoms with Gasteiger partial charge in [-0.3, -0.25) is 0 Å². The van der Waals surface area contributed by atoms with Crippen LogP contribution in [0.2, 0.25) is 5.02 Å². The molecule has 4 heteroatoms. The standard InChI is InChI=1S/C7H3BrClNS/c8-4-1-2-5-7(6(4)9)11-3-10-5/h1-3H. The van der Waals surface area contributed by atoms with Gasteiger partial charge >= 0.3 is 0 Å². The lowest BCUT2D eigenvalue weighted by molar-refractivity contribution is 1.50. The SMILES string of the molecule is Clc1c(Br)ccc2ncsc12. The lowest BCUT2D eigenvalue weighted by atomic mass is 10.3. The van der Waals surface area contributed by atoms with Gasteiger partial charge in [0.15, 0.2) is 0 Å². The molecular weight excluding hydrogens is 246 g/mol. The second-order valence-electron chi connectivity index (χ2n) is 2.06. The minimum atomic E-state index is 0.755. The number of halogens is 2. The molecule has 0 atom stereocenters. The zero-order valence-corrected chi connectivity index (χ0v) is 8.50. The Morgan fingerprint density at radius 2 is 2.27 bits per heavy atom. The van der Waals surface area contributed by atoms with Crippen molar-refractivity contribution in [1.82, 2.24) is 4.98 Å². The van der Waals surface area contributed by atoms with Crippen LogP contribution in [0.3, 0.4) is 0 Å². The average molecular weight is 249 g/mol. The van der Waals surface area contributed by atoms with Gasteiger partial charge in [-0.25, -0.2) is 4.98 Å². The number of benzene rings is 1. The van der Waals surface area contributed by atoms with Crippen molar-refractivity contribution in [3.8, 4) is 0 Å². The van der Waals surface area contributed by atoms with Crippen LogP contribution >= 0.6 is 38.9 Å². The summed E-state index contributed by atoms with van der Waals surface area (Å²) in [6, 6.07) is 3.85. The highest BCUT2D eigenvalue weighted by Gasteiger charge is 2.04. The molecule has 56 valence electrons. The number of rotatable bonds is 0. The summed E-state index contributed by atoms with van der Waals surface area (Å²) in [6.07, 6.45) is 0. The number of hydrogen-bond donors (Lipinski definition) is 0. The molecule has 1 aromatic heterocycles. The molecule has 0 saturated heterocycles. The average Bonchev–Trinajstić information content (AvgIpc) is 2.45. The van der Waals surface area contributed by atoms with E-state index in [1.165, 1.54) is 0 Å². The first kappa shape index (κ1) is 7.53. The molecule has 1 heterocycles. The van der Waals surface area contributed by atoms with Crippen molar-refractivity contribution in [2.75, 3.05) is 0 Å². The normalized spacial score (nSPS) is 10.7.